The lowest BCUT2D eigenvalue weighted by Gasteiger charge is -2.32. The number of hydrogen-bond acceptors (Lipinski definition) is 3. The molecule has 1 rings (SSSR count). The molecule has 0 aromatic carbocycles. The summed E-state index contributed by atoms with van der Waals surface area (Å²) in [6.45, 7) is 5.82. The van der Waals surface area contributed by atoms with Crippen LogP contribution in [0.5, 0.6) is 0 Å². The minimum atomic E-state index is -0.296. The van der Waals surface area contributed by atoms with Gasteiger partial charge in [0.1, 0.15) is 0 Å². The summed E-state index contributed by atoms with van der Waals surface area (Å²) < 4.78 is 0. The molecule has 0 spiro atoms. The van der Waals surface area contributed by atoms with Crippen molar-refractivity contribution in [1.82, 2.24) is 4.90 Å². The van der Waals surface area contributed by atoms with Gasteiger partial charge in [0, 0.05) is 24.1 Å². The fraction of sp³-hybridized carbons (Fsp3) is 0.889. The van der Waals surface area contributed by atoms with Crippen molar-refractivity contribution in [3.63, 3.8) is 0 Å². The molecule has 76 valence electrons. The number of thioether (sulfide) groups is 1. The Morgan fingerprint density at radius 3 is 3.00 bits per heavy atom. The molecule has 0 aromatic heterocycles. The van der Waals surface area contributed by atoms with Crippen LogP contribution in [-0.2, 0) is 4.79 Å². The Bertz CT molecular complexity index is 186. The first-order valence-electron chi connectivity index (χ1n) is 4.81. The Morgan fingerprint density at radius 2 is 2.46 bits per heavy atom. The van der Waals surface area contributed by atoms with E-state index in [-0.39, 0.29) is 11.9 Å². The minimum Gasteiger partial charge on any atom is -0.339 e. The van der Waals surface area contributed by atoms with Crippen molar-refractivity contribution in [3.8, 4) is 0 Å². The van der Waals surface area contributed by atoms with E-state index >= 15 is 0 Å². The Morgan fingerprint density at radius 1 is 1.77 bits per heavy atom. The minimum absolute atomic E-state index is 0.120. The molecule has 3 nitrogen and oxygen atoms in total. The van der Waals surface area contributed by atoms with Crippen molar-refractivity contribution in [2.45, 2.75) is 31.6 Å². The van der Waals surface area contributed by atoms with Gasteiger partial charge in [0.05, 0.1) is 6.04 Å². The molecule has 0 radical (unpaired) electrons. The summed E-state index contributed by atoms with van der Waals surface area (Å²) in [5.74, 6) is 1.17. The SMILES string of the molecule is CC[C@@H](N)C(=O)N1CCSC(C)C1. The lowest BCUT2D eigenvalue weighted by Crippen LogP contribution is -2.48. The van der Waals surface area contributed by atoms with Gasteiger partial charge in [0.15, 0.2) is 0 Å². The maximum atomic E-state index is 11.7. The molecule has 2 atom stereocenters. The van der Waals surface area contributed by atoms with E-state index in [1.54, 1.807) is 0 Å². The van der Waals surface area contributed by atoms with Crippen LogP contribution in [0.4, 0.5) is 0 Å². The highest BCUT2D eigenvalue weighted by Crippen LogP contribution is 2.18. The number of carbonyl (C=O) groups excluding carboxylic acids is 1. The van der Waals surface area contributed by atoms with E-state index in [4.69, 9.17) is 5.73 Å². The zero-order valence-corrected chi connectivity index (χ0v) is 9.14. The third-order valence-electron chi connectivity index (χ3n) is 2.31. The molecule has 1 unspecified atom stereocenters. The number of carbonyl (C=O) groups is 1. The van der Waals surface area contributed by atoms with Crippen LogP contribution in [0.3, 0.4) is 0 Å². The number of nitrogens with zero attached hydrogens (tertiary/aromatic N) is 1. The lowest BCUT2D eigenvalue weighted by molar-refractivity contribution is -0.132. The lowest BCUT2D eigenvalue weighted by atomic mass is 10.2. The van der Waals surface area contributed by atoms with Gasteiger partial charge in [0.2, 0.25) is 5.91 Å². The topological polar surface area (TPSA) is 46.3 Å². The number of hydrogen-bond donors (Lipinski definition) is 1. The van der Waals surface area contributed by atoms with Gasteiger partial charge < -0.3 is 10.6 Å². The highest BCUT2D eigenvalue weighted by molar-refractivity contribution is 7.99. The Labute approximate surface area is 84.0 Å². The van der Waals surface area contributed by atoms with Crippen molar-refractivity contribution in [2.24, 2.45) is 5.73 Å². The van der Waals surface area contributed by atoms with Gasteiger partial charge in [-0.25, -0.2) is 0 Å². The Balaban J connectivity index is 2.46. The molecule has 2 N–H and O–H groups in total. The molecule has 0 bridgehead atoms. The predicted octanol–water partition coefficient (Wildman–Crippen LogP) is 0.688. The van der Waals surface area contributed by atoms with Gasteiger partial charge in [-0.15, -0.1) is 0 Å². The summed E-state index contributed by atoms with van der Waals surface area (Å²) in [4.78, 5) is 13.6. The first-order chi connectivity index (χ1) is 6.15. The molecule has 0 aromatic rings. The van der Waals surface area contributed by atoms with E-state index in [0.29, 0.717) is 5.25 Å². The van der Waals surface area contributed by atoms with Crippen LogP contribution in [0.15, 0.2) is 0 Å². The predicted molar refractivity (Wildman–Crippen MR) is 56.8 cm³/mol. The highest BCUT2D eigenvalue weighted by atomic mass is 32.2. The number of nitrogens with two attached hydrogens (primary N) is 1. The zero-order valence-electron chi connectivity index (χ0n) is 8.32. The Hall–Kier alpha value is -0.220. The van der Waals surface area contributed by atoms with E-state index in [1.165, 1.54) is 0 Å². The van der Waals surface area contributed by atoms with Crippen LogP contribution in [0.1, 0.15) is 20.3 Å². The Kier molecular flexibility index (Phi) is 4.06. The van der Waals surface area contributed by atoms with Crippen LogP contribution in [0, 0.1) is 0 Å². The van der Waals surface area contributed by atoms with E-state index < -0.39 is 0 Å². The van der Waals surface area contributed by atoms with Gasteiger partial charge >= 0.3 is 0 Å². The van der Waals surface area contributed by atoms with Gasteiger partial charge in [0.25, 0.3) is 0 Å². The van der Waals surface area contributed by atoms with Crippen LogP contribution in [0.2, 0.25) is 0 Å². The second-order valence-electron chi connectivity index (χ2n) is 3.48. The largest absolute Gasteiger partial charge is 0.339 e. The van der Waals surface area contributed by atoms with Gasteiger partial charge in [-0.1, -0.05) is 13.8 Å². The van der Waals surface area contributed by atoms with E-state index in [9.17, 15) is 4.79 Å². The molecule has 0 saturated carbocycles. The zero-order chi connectivity index (χ0) is 9.84. The second kappa shape index (κ2) is 4.86. The molecule has 1 heterocycles. The molecule has 13 heavy (non-hydrogen) atoms. The smallest absolute Gasteiger partial charge is 0.239 e. The van der Waals surface area contributed by atoms with Crippen LogP contribution in [0.25, 0.3) is 0 Å². The fourth-order valence-electron chi connectivity index (χ4n) is 1.43. The molecule has 1 fully saturated rings. The molecule has 4 heteroatoms. The average molecular weight is 202 g/mol. The average Bonchev–Trinajstić information content (AvgIpc) is 2.15. The standard InChI is InChI=1S/C9H18N2OS/c1-3-8(10)9(12)11-4-5-13-7(2)6-11/h7-8H,3-6,10H2,1-2H3/t7?,8-/m1/s1. The van der Waals surface area contributed by atoms with E-state index in [2.05, 4.69) is 6.92 Å². The number of rotatable bonds is 2. The van der Waals surface area contributed by atoms with E-state index in [0.717, 1.165) is 25.3 Å². The summed E-state index contributed by atoms with van der Waals surface area (Å²) >= 11 is 1.92. The van der Waals surface area contributed by atoms with Crippen molar-refractivity contribution < 1.29 is 4.79 Å². The fourth-order valence-corrected chi connectivity index (χ4v) is 2.44. The second-order valence-corrected chi connectivity index (χ2v) is 5.03. The van der Waals surface area contributed by atoms with Crippen LogP contribution >= 0.6 is 11.8 Å². The quantitative estimate of drug-likeness (QED) is 0.716. The molecule has 1 saturated heterocycles. The van der Waals surface area contributed by atoms with Crippen molar-refractivity contribution >= 4 is 17.7 Å². The molecular formula is C9H18N2OS. The summed E-state index contributed by atoms with van der Waals surface area (Å²) in [6.07, 6.45) is 0.733. The van der Waals surface area contributed by atoms with Crippen molar-refractivity contribution in [3.05, 3.63) is 0 Å². The summed E-state index contributed by atoms with van der Waals surface area (Å²) in [5, 5.41) is 0.557. The van der Waals surface area contributed by atoms with Gasteiger partial charge in [-0.2, -0.15) is 11.8 Å². The highest BCUT2D eigenvalue weighted by Gasteiger charge is 2.24. The van der Waals surface area contributed by atoms with Gasteiger partial charge in [-0.3, -0.25) is 4.79 Å². The maximum absolute atomic E-state index is 11.7. The summed E-state index contributed by atoms with van der Waals surface area (Å²) in [5.41, 5.74) is 5.69. The molecule has 0 aliphatic carbocycles. The van der Waals surface area contributed by atoms with Crippen molar-refractivity contribution in [2.75, 3.05) is 18.8 Å². The molecule has 1 amide bonds. The van der Waals surface area contributed by atoms with E-state index in [1.807, 2.05) is 23.6 Å². The van der Waals surface area contributed by atoms with Gasteiger partial charge in [-0.05, 0) is 6.42 Å². The molecule has 1 aliphatic rings. The van der Waals surface area contributed by atoms with Crippen LogP contribution in [-0.4, -0.2) is 40.9 Å². The van der Waals surface area contributed by atoms with Crippen LogP contribution < -0.4 is 5.73 Å². The summed E-state index contributed by atoms with van der Waals surface area (Å²) in [6, 6.07) is -0.296. The molecular weight excluding hydrogens is 184 g/mol. The van der Waals surface area contributed by atoms with Crippen molar-refractivity contribution in [1.29, 1.82) is 0 Å². The normalized spacial score (nSPS) is 25.8. The maximum Gasteiger partial charge on any atom is 0.239 e. The first-order valence-corrected chi connectivity index (χ1v) is 5.86. The number of amides is 1. The third kappa shape index (κ3) is 2.88. The summed E-state index contributed by atoms with van der Waals surface area (Å²) in [7, 11) is 0. The molecule has 1 aliphatic heterocycles. The first kappa shape index (κ1) is 10.9. The third-order valence-corrected chi connectivity index (χ3v) is 3.45. The monoisotopic (exact) mass is 202 g/mol.